The van der Waals surface area contributed by atoms with Crippen molar-refractivity contribution >= 4 is 17.3 Å². The highest BCUT2D eigenvalue weighted by molar-refractivity contribution is 6.04. The molecule has 0 aliphatic carbocycles. The van der Waals surface area contributed by atoms with Crippen molar-refractivity contribution < 1.29 is 22.4 Å². The van der Waals surface area contributed by atoms with E-state index in [0.29, 0.717) is 25.2 Å². The van der Waals surface area contributed by atoms with Crippen LogP contribution in [0.5, 0.6) is 0 Å². The molecule has 8 heteroatoms. The normalized spacial score (nSPS) is 15.2. The minimum Gasteiger partial charge on any atom is -0.370 e. The van der Waals surface area contributed by atoms with Crippen LogP contribution >= 0.6 is 0 Å². The second kappa shape index (κ2) is 8.18. The Morgan fingerprint density at radius 2 is 1.89 bits per heavy atom. The highest BCUT2D eigenvalue weighted by atomic mass is 19.4. The number of halogens is 4. The van der Waals surface area contributed by atoms with Crippen LogP contribution in [0.4, 0.5) is 28.9 Å². The summed E-state index contributed by atoms with van der Waals surface area (Å²) >= 11 is 0. The van der Waals surface area contributed by atoms with Crippen LogP contribution in [0, 0.1) is 12.7 Å². The number of alkyl halides is 3. The van der Waals surface area contributed by atoms with E-state index >= 15 is 0 Å². The van der Waals surface area contributed by atoms with Crippen LogP contribution in [0.2, 0.25) is 0 Å². The molecule has 4 nitrogen and oxygen atoms in total. The molecule has 0 saturated carbocycles. The summed E-state index contributed by atoms with van der Waals surface area (Å²) in [7, 11) is 0. The third kappa shape index (κ3) is 4.62. The first-order chi connectivity index (χ1) is 13.3. The molecule has 28 heavy (non-hydrogen) atoms. The molecule has 0 radical (unpaired) electrons. The lowest BCUT2D eigenvalue weighted by atomic mass is 10.1. The van der Waals surface area contributed by atoms with Crippen LogP contribution in [0.1, 0.15) is 27.9 Å². The van der Waals surface area contributed by atoms with Gasteiger partial charge < -0.3 is 15.5 Å². The van der Waals surface area contributed by atoms with Gasteiger partial charge in [0.15, 0.2) is 0 Å². The summed E-state index contributed by atoms with van der Waals surface area (Å²) in [4.78, 5) is 14.0. The third-order valence-corrected chi connectivity index (χ3v) is 4.61. The van der Waals surface area contributed by atoms with Gasteiger partial charge in [0.05, 0.1) is 11.1 Å². The lowest BCUT2D eigenvalue weighted by molar-refractivity contribution is -0.137. The molecule has 1 aliphatic rings. The lowest BCUT2D eigenvalue weighted by Crippen LogP contribution is -2.30. The summed E-state index contributed by atoms with van der Waals surface area (Å²) in [5, 5.41) is 5.53. The zero-order valence-electron chi connectivity index (χ0n) is 15.4. The van der Waals surface area contributed by atoms with Gasteiger partial charge in [-0.25, -0.2) is 4.39 Å². The zero-order valence-corrected chi connectivity index (χ0v) is 15.4. The molecule has 0 aromatic heterocycles. The number of carbonyl (C=O) groups is 1. The fourth-order valence-electron chi connectivity index (χ4n) is 3.21. The van der Waals surface area contributed by atoms with E-state index in [1.54, 1.807) is 11.8 Å². The van der Waals surface area contributed by atoms with Crippen molar-refractivity contribution in [1.82, 2.24) is 5.32 Å². The number of amides is 1. The number of nitrogens with zero attached hydrogens (tertiary/aromatic N) is 1. The molecule has 2 N–H and O–H groups in total. The molecule has 1 amide bonds. The number of hydrogen-bond donors (Lipinski definition) is 2. The van der Waals surface area contributed by atoms with E-state index in [4.69, 9.17) is 0 Å². The standard InChI is InChI=1S/C20H21F4N3O/c1-13-3-5-17(21)15(11-13)19(28)26-14-4-6-18(16(12-14)20(22,23)24)27-9-2-7-25-8-10-27/h3-6,11-12,25H,2,7-10H2,1H3,(H,26,28). The van der Waals surface area contributed by atoms with E-state index < -0.39 is 23.5 Å². The van der Waals surface area contributed by atoms with Crippen molar-refractivity contribution in [2.75, 3.05) is 36.4 Å². The third-order valence-electron chi connectivity index (χ3n) is 4.61. The Bertz CT molecular complexity index is 859. The van der Waals surface area contributed by atoms with Crippen LogP contribution in [-0.4, -0.2) is 32.1 Å². The molecule has 1 aliphatic heterocycles. The topological polar surface area (TPSA) is 44.4 Å². The van der Waals surface area contributed by atoms with Crippen molar-refractivity contribution in [3.05, 3.63) is 58.9 Å². The smallest absolute Gasteiger partial charge is 0.370 e. The maximum atomic E-state index is 13.9. The molecule has 3 rings (SSSR count). The van der Waals surface area contributed by atoms with Crippen LogP contribution in [-0.2, 0) is 6.18 Å². The van der Waals surface area contributed by atoms with Gasteiger partial charge in [-0.2, -0.15) is 13.2 Å². The highest BCUT2D eigenvalue weighted by Crippen LogP contribution is 2.38. The van der Waals surface area contributed by atoms with Crippen molar-refractivity contribution in [1.29, 1.82) is 0 Å². The van der Waals surface area contributed by atoms with E-state index in [-0.39, 0.29) is 16.9 Å². The largest absolute Gasteiger partial charge is 0.418 e. The number of anilines is 2. The number of aryl methyl sites for hydroxylation is 1. The Balaban J connectivity index is 1.90. The number of rotatable bonds is 3. The predicted molar refractivity (Wildman–Crippen MR) is 100 cm³/mol. The lowest BCUT2D eigenvalue weighted by Gasteiger charge is -2.26. The maximum Gasteiger partial charge on any atom is 0.418 e. The van der Waals surface area contributed by atoms with Crippen molar-refractivity contribution in [3.63, 3.8) is 0 Å². The molecule has 2 aromatic carbocycles. The number of nitrogens with one attached hydrogen (secondary N) is 2. The summed E-state index contributed by atoms with van der Waals surface area (Å²) in [6.07, 6.45) is -3.84. The van der Waals surface area contributed by atoms with Gasteiger partial charge in [-0.3, -0.25) is 4.79 Å². The molecule has 0 atom stereocenters. The Labute approximate surface area is 160 Å². The van der Waals surface area contributed by atoms with E-state index in [9.17, 15) is 22.4 Å². The quantitative estimate of drug-likeness (QED) is 0.766. The van der Waals surface area contributed by atoms with Crippen LogP contribution < -0.4 is 15.5 Å². The summed E-state index contributed by atoms with van der Waals surface area (Å²) in [6, 6.07) is 7.69. The Kier molecular flexibility index (Phi) is 5.88. The first-order valence-corrected chi connectivity index (χ1v) is 9.00. The zero-order chi connectivity index (χ0) is 20.3. The Hall–Kier alpha value is -2.61. The van der Waals surface area contributed by atoms with Crippen molar-refractivity contribution in [2.45, 2.75) is 19.5 Å². The number of hydrogen-bond acceptors (Lipinski definition) is 3. The van der Waals surface area contributed by atoms with Crippen LogP contribution in [0.15, 0.2) is 36.4 Å². The fraction of sp³-hybridized carbons (Fsp3) is 0.350. The molecular weight excluding hydrogens is 374 g/mol. The summed E-state index contributed by atoms with van der Waals surface area (Å²) in [5.74, 6) is -1.52. The van der Waals surface area contributed by atoms with E-state index in [1.807, 2.05) is 0 Å². The predicted octanol–water partition coefficient (Wildman–Crippen LogP) is 4.20. The Morgan fingerprint density at radius 1 is 1.11 bits per heavy atom. The van der Waals surface area contributed by atoms with Gasteiger partial charge in [0, 0.05) is 31.0 Å². The summed E-state index contributed by atoms with van der Waals surface area (Å²) in [5.41, 5.74) is -0.313. The number of benzene rings is 2. The fourth-order valence-corrected chi connectivity index (χ4v) is 3.21. The van der Waals surface area contributed by atoms with Gasteiger partial charge >= 0.3 is 6.18 Å². The van der Waals surface area contributed by atoms with Crippen LogP contribution in [0.25, 0.3) is 0 Å². The molecule has 2 aromatic rings. The highest BCUT2D eigenvalue weighted by Gasteiger charge is 2.35. The van der Waals surface area contributed by atoms with Gasteiger partial charge in [-0.15, -0.1) is 0 Å². The second-order valence-electron chi connectivity index (χ2n) is 6.76. The van der Waals surface area contributed by atoms with E-state index in [2.05, 4.69) is 10.6 Å². The SMILES string of the molecule is Cc1ccc(F)c(C(=O)Nc2ccc(N3CCCNCC3)c(C(F)(F)F)c2)c1. The second-order valence-corrected chi connectivity index (χ2v) is 6.76. The average Bonchev–Trinajstić information content (AvgIpc) is 2.92. The molecule has 1 fully saturated rings. The molecule has 0 unspecified atom stereocenters. The van der Waals surface area contributed by atoms with E-state index in [0.717, 1.165) is 25.1 Å². The first kappa shape index (κ1) is 20.1. The Morgan fingerprint density at radius 3 is 2.64 bits per heavy atom. The molecule has 0 spiro atoms. The first-order valence-electron chi connectivity index (χ1n) is 9.00. The minimum atomic E-state index is -4.58. The van der Waals surface area contributed by atoms with Crippen molar-refractivity contribution in [2.24, 2.45) is 0 Å². The average molecular weight is 395 g/mol. The minimum absolute atomic E-state index is 0.0325. The van der Waals surface area contributed by atoms with Gasteiger partial charge in [0.25, 0.3) is 5.91 Å². The molecule has 1 saturated heterocycles. The maximum absolute atomic E-state index is 13.9. The number of carbonyl (C=O) groups excluding carboxylic acids is 1. The molecule has 1 heterocycles. The van der Waals surface area contributed by atoms with Gasteiger partial charge in [0.1, 0.15) is 5.82 Å². The summed E-state index contributed by atoms with van der Waals surface area (Å²) in [6.45, 7) is 4.03. The van der Waals surface area contributed by atoms with Gasteiger partial charge in [-0.1, -0.05) is 11.6 Å². The van der Waals surface area contributed by atoms with Gasteiger partial charge in [0.2, 0.25) is 0 Å². The monoisotopic (exact) mass is 395 g/mol. The van der Waals surface area contributed by atoms with Crippen molar-refractivity contribution in [3.8, 4) is 0 Å². The summed E-state index contributed by atoms with van der Waals surface area (Å²) < 4.78 is 54.8. The molecule has 0 bridgehead atoms. The van der Waals surface area contributed by atoms with E-state index in [1.165, 1.54) is 24.3 Å². The van der Waals surface area contributed by atoms with Gasteiger partial charge in [-0.05, 0) is 50.2 Å². The molecular formula is C20H21F4N3O. The van der Waals surface area contributed by atoms with Crippen LogP contribution in [0.3, 0.4) is 0 Å². The molecule has 150 valence electrons.